The third-order valence-corrected chi connectivity index (χ3v) is 4.86. The maximum absolute atomic E-state index is 12.8. The lowest BCUT2D eigenvalue weighted by molar-refractivity contribution is -0.116. The lowest BCUT2D eigenvalue weighted by Gasteiger charge is -2.25. The molecule has 0 aliphatic heterocycles. The van der Waals surface area contributed by atoms with Gasteiger partial charge in [0.2, 0.25) is 15.9 Å². The number of carbonyl (C=O) groups excluding carboxylic acids is 1. The van der Waals surface area contributed by atoms with Gasteiger partial charge in [0.05, 0.1) is 12.8 Å². The fourth-order valence-corrected chi connectivity index (χ4v) is 3.69. The van der Waals surface area contributed by atoms with Gasteiger partial charge in [-0.25, -0.2) is 12.8 Å². The van der Waals surface area contributed by atoms with Crippen LogP contribution in [-0.4, -0.2) is 37.5 Å². The Balaban J connectivity index is 2.02. The molecule has 0 atom stereocenters. The summed E-state index contributed by atoms with van der Waals surface area (Å²) in [5.41, 5.74) is 0.446. The quantitative estimate of drug-likeness (QED) is 0.903. The van der Waals surface area contributed by atoms with Crippen molar-refractivity contribution in [1.82, 2.24) is 4.31 Å². The summed E-state index contributed by atoms with van der Waals surface area (Å²) in [6, 6.07) is 5.25. The Hall–Kier alpha value is -1.47. The van der Waals surface area contributed by atoms with Gasteiger partial charge in [0.15, 0.2) is 0 Å². The first-order valence-corrected chi connectivity index (χ1v) is 8.73. The molecule has 1 aromatic carbocycles. The van der Waals surface area contributed by atoms with Crippen LogP contribution in [0.15, 0.2) is 24.3 Å². The molecule has 7 heteroatoms. The fraction of sp³-hybridized carbons (Fsp3) is 0.500. The molecule has 1 amide bonds. The summed E-state index contributed by atoms with van der Waals surface area (Å²) >= 11 is 0. The first-order valence-electron chi connectivity index (χ1n) is 6.88. The van der Waals surface area contributed by atoms with E-state index in [1.165, 1.54) is 28.6 Å². The summed E-state index contributed by atoms with van der Waals surface area (Å²) in [5.74, 6) is -0.810. The van der Waals surface area contributed by atoms with Crippen molar-refractivity contribution in [3.8, 4) is 0 Å². The van der Waals surface area contributed by atoms with Crippen LogP contribution in [0.2, 0.25) is 0 Å². The molecule has 1 aliphatic carbocycles. The zero-order valence-corrected chi connectivity index (χ0v) is 12.7. The number of rotatable bonds is 5. The van der Waals surface area contributed by atoms with Crippen molar-refractivity contribution in [2.75, 3.05) is 18.1 Å². The predicted octanol–water partition coefficient (Wildman–Crippen LogP) is 1.97. The van der Waals surface area contributed by atoms with Gasteiger partial charge in [0.25, 0.3) is 0 Å². The van der Waals surface area contributed by atoms with E-state index in [4.69, 9.17) is 0 Å². The van der Waals surface area contributed by atoms with E-state index in [-0.39, 0.29) is 12.6 Å². The van der Waals surface area contributed by atoms with Crippen molar-refractivity contribution < 1.29 is 17.6 Å². The Kier molecular flexibility index (Phi) is 4.95. The first kappa shape index (κ1) is 15.9. The zero-order valence-electron chi connectivity index (χ0n) is 11.9. The van der Waals surface area contributed by atoms with Crippen molar-refractivity contribution >= 4 is 21.6 Å². The average Bonchev–Trinajstić information content (AvgIpc) is 2.91. The van der Waals surface area contributed by atoms with Gasteiger partial charge >= 0.3 is 0 Å². The van der Waals surface area contributed by atoms with E-state index in [1.807, 2.05) is 0 Å². The Bertz CT molecular complexity index is 595. The van der Waals surface area contributed by atoms with Crippen LogP contribution >= 0.6 is 0 Å². The number of anilines is 1. The average molecular weight is 314 g/mol. The van der Waals surface area contributed by atoms with Gasteiger partial charge in [0.1, 0.15) is 5.82 Å². The number of amides is 1. The van der Waals surface area contributed by atoms with Gasteiger partial charge in [-0.05, 0) is 37.1 Å². The summed E-state index contributed by atoms with van der Waals surface area (Å²) in [6.45, 7) is -0.207. The second-order valence-electron chi connectivity index (χ2n) is 5.30. The summed E-state index contributed by atoms with van der Waals surface area (Å²) in [4.78, 5) is 12.0. The molecule has 1 fully saturated rings. The lowest BCUT2D eigenvalue weighted by Crippen LogP contribution is -2.43. The number of benzene rings is 1. The highest BCUT2D eigenvalue weighted by molar-refractivity contribution is 7.88. The molecule has 0 heterocycles. The van der Waals surface area contributed by atoms with E-state index >= 15 is 0 Å². The maximum atomic E-state index is 12.8. The molecule has 116 valence electrons. The predicted molar refractivity (Wildman–Crippen MR) is 78.8 cm³/mol. The van der Waals surface area contributed by atoms with Crippen LogP contribution in [0.25, 0.3) is 0 Å². The van der Waals surface area contributed by atoms with Crippen molar-refractivity contribution in [3.05, 3.63) is 30.1 Å². The smallest absolute Gasteiger partial charge is 0.239 e. The first-order chi connectivity index (χ1) is 9.86. The second-order valence-corrected chi connectivity index (χ2v) is 7.24. The second kappa shape index (κ2) is 6.53. The molecule has 0 spiro atoms. The molecule has 21 heavy (non-hydrogen) atoms. The number of halogens is 1. The number of hydrogen-bond acceptors (Lipinski definition) is 3. The van der Waals surface area contributed by atoms with Crippen LogP contribution in [0.1, 0.15) is 25.7 Å². The minimum atomic E-state index is -3.43. The largest absolute Gasteiger partial charge is 0.325 e. The molecule has 5 nitrogen and oxygen atoms in total. The Morgan fingerprint density at radius 1 is 1.29 bits per heavy atom. The summed E-state index contributed by atoms with van der Waals surface area (Å²) in [7, 11) is -3.43. The third kappa shape index (κ3) is 4.50. The van der Waals surface area contributed by atoms with Gasteiger partial charge in [-0.1, -0.05) is 12.8 Å². The van der Waals surface area contributed by atoms with Crippen LogP contribution in [-0.2, 0) is 14.8 Å². The molecular formula is C14H19FN2O3S. The van der Waals surface area contributed by atoms with Gasteiger partial charge in [0, 0.05) is 11.7 Å². The minimum absolute atomic E-state index is 0.0982. The van der Waals surface area contributed by atoms with Crippen LogP contribution in [0.4, 0.5) is 10.1 Å². The van der Waals surface area contributed by atoms with E-state index in [0.29, 0.717) is 5.69 Å². The topological polar surface area (TPSA) is 66.5 Å². The van der Waals surface area contributed by atoms with E-state index < -0.39 is 21.7 Å². The lowest BCUT2D eigenvalue weighted by atomic mass is 10.2. The van der Waals surface area contributed by atoms with Crippen molar-refractivity contribution in [1.29, 1.82) is 0 Å². The Labute approximate surface area is 124 Å². The summed E-state index contributed by atoms with van der Waals surface area (Å²) in [6.07, 6.45) is 4.66. The van der Waals surface area contributed by atoms with Crippen LogP contribution in [0.3, 0.4) is 0 Å². The number of nitrogens with one attached hydrogen (secondary N) is 1. The molecule has 0 aromatic heterocycles. The maximum Gasteiger partial charge on any atom is 0.239 e. The molecule has 0 bridgehead atoms. The fourth-order valence-electron chi connectivity index (χ4n) is 2.58. The molecular weight excluding hydrogens is 295 g/mol. The van der Waals surface area contributed by atoms with Crippen LogP contribution in [0, 0.1) is 5.82 Å². The van der Waals surface area contributed by atoms with Gasteiger partial charge in [-0.15, -0.1) is 0 Å². The summed E-state index contributed by atoms with van der Waals surface area (Å²) < 4.78 is 37.8. The monoisotopic (exact) mass is 314 g/mol. The number of carbonyl (C=O) groups is 1. The van der Waals surface area contributed by atoms with Crippen molar-refractivity contribution in [2.45, 2.75) is 31.7 Å². The normalized spacial score (nSPS) is 16.3. The Morgan fingerprint density at radius 3 is 2.38 bits per heavy atom. The molecule has 1 saturated carbocycles. The van der Waals surface area contributed by atoms with E-state index in [9.17, 15) is 17.6 Å². The number of hydrogen-bond donors (Lipinski definition) is 1. The third-order valence-electron chi connectivity index (χ3n) is 3.59. The molecule has 0 radical (unpaired) electrons. The molecule has 0 saturated heterocycles. The SMILES string of the molecule is CS(=O)(=O)N(CC(=O)Nc1ccc(F)cc1)C1CCCC1. The van der Waals surface area contributed by atoms with Gasteiger partial charge < -0.3 is 5.32 Å². The van der Waals surface area contributed by atoms with Gasteiger partial charge in [-0.3, -0.25) is 4.79 Å². The van der Waals surface area contributed by atoms with Crippen LogP contribution in [0.5, 0.6) is 0 Å². The van der Waals surface area contributed by atoms with E-state index in [2.05, 4.69) is 5.32 Å². The number of sulfonamides is 1. The molecule has 1 aromatic rings. The molecule has 0 unspecified atom stereocenters. The van der Waals surface area contributed by atoms with Gasteiger partial charge in [-0.2, -0.15) is 4.31 Å². The van der Waals surface area contributed by atoms with E-state index in [0.717, 1.165) is 31.9 Å². The standard InChI is InChI=1S/C14H19FN2O3S/c1-21(19,20)17(13-4-2-3-5-13)10-14(18)16-12-8-6-11(15)7-9-12/h6-9,13H,2-5,10H2,1H3,(H,16,18). The zero-order chi connectivity index (χ0) is 15.5. The molecule has 2 rings (SSSR count). The highest BCUT2D eigenvalue weighted by atomic mass is 32.2. The van der Waals surface area contributed by atoms with E-state index in [1.54, 1.807) is 0 Å². The molecule has 1 N–H and O–H groups in total. The van der Waals surface area contributed by atoms with Crippen molar-refractivity contribution in [3.63, 3.8) is 0 Å². The highest BCUT2D eigenvalue weighted by Crippen LogP contribution is 2.25. The van der Waals surface area contributed by atoms with Crippen LogP contribution < -0.4 is 5.32 Å². The summed E-state index contributed by atoms with van der Waals surface area (Å²) in [5, 5.41) is 2.58. The minimum Gasteiger partial charge on any atom is -0.325 e. The highest BCUT2D eigenvalue weighted by Gasteiger charge is 2.30. The Morgan fingerprint density at radius 2 is 1.86 bits per heavy atom. The number of nitrogens with zero attached hydrogens (tertiary/aromatic N) is 1. The van der Waals surface area contributed by atoms with Crippen molar-refractivity contribution in [2.24, 2.45) is 0 Å². The molecule has 1 aliphatic rings.